The summed E-state index contributed by atoms with van der Waals surface area (Å²) in [6.45, 7) is 3.97. The van der Waals surface area contributed by atoms with Crippen molar-refractivity contribution in [1.29, 1.82) is 0 Å². The third-order valence-electron chi connectivity index (χ3n) is 4.78. The number of carbonyl (C=O) groups is 1. The van der Waals surface area contributed by atoms with Gasteiger partial charge in [0.1, 0.15) is 5.70 Å². The Morgan fingerprint density at radius 3 is 3.08 bits per heavy atom. The summed E-state index contributed by atoms with van der Waals surface area (Å²) in [6.07, 6.45) is 6.77. The maximum absolute atomic E-state index is 12.2. The number of hydrogen-bond donors (Lipinski definition) is 2. The van der Waals surface area contributed by atoms with Crippen LogP contribution in [0.1, 0.15) is 30.4 Å². The van der Waals surface area contributed by atoms with Crippen molar-refractivity contribution in [2.24, 2.45) is 9.98 Å². The number of amides is 1. The quantitative estimate of drug-likeness (QED) is 0.832. The van der Waals surface area contributed by atoms with Crippen molar-refractivity contribution in [3.8, 4) is 0 Å². The molecule has 128 valence electrons. The van der Waals surface area contributed by atoms with Crippen LogP contribution >= 0.6 is 0 Å². The second-order valence-corrected chi connectivity index (χ2v) is 6.45. The minimum atomic E-state index is -0.179. The number of carbonyl (C=O) groups excluding carboxylic acids is 1. The Kier molecular flexibility index (Phi) is 3.97. The molecule has 1 saturated carbocycles. The highest BCUT2D eigenvalue weighted by Crippen LogP contribution is 2.31. The predicted molar refractivity (Wildman–Crippen MR) is 98.8 cm³/mol. The summed E-state index contributed by atoms with van der Waals surface area (Å²) in [4.78, 5) is 21.1. The average Bonchev–Trinajstić information content (AvgIpc) is 3.29. The summed E-state index contributed by atoms with van der Waals surface area (Å²) in [7, 11) is 1.71. The third kappa shape index (κ3) is 3.00. The van der Waals surface area contributed by atoms with Crippen molar-refractivity contribution in [3.05, 3.63) is 41.6 Å². The first kappa shape index (κ1) is 15.8. The number of allylic oxidation sites excluding steroid dienone is 1. The van der Waals surface area contributed by atoms with Crippen LogP contribution in [0.5, 0.6) is 0 Å². The zero-order chi connectivity index (χ0) is 17.4. The molecule has 25 heavy (non-hydrogen) atoms. The number of aliphatic imine (C=N–C) groups is 2. The number of hydrogen-bond acceptors (Lipinski definition) is 4. The Bertz CT molecular complexity index is 838. The number of benzene rings is 1. The second-order valence-electron chi connectivity index (χ2n) is 6.45. The highest BCUT2D eigenvalue weighted by Gasteiger charge is 2.29. The number of nitrogens with one attached hydrogen (secondary N) is 2. The van der Waals surface area contributed by atoms with Crippen molar-refractivity contribution in [3.63, 3.8) is 0 Å². The van der Waals surface area contributed by atoms with Gasteiger partial charge in [-0.2, -0.15) is 0 Å². The second kappa shape index (κ2) is 6.29. The molecule has 2 aliphatic heterocycles. The van der Waals surface area contributed by atoms with Gasteiger partial charge < -0.3 is 10.1 Å². The van der Waals surface area contributed by atoms with E-state index in [0.717, 1.165) is 41.6 Å². The molecule has 3 aliphatic rings. The highest BCUT2D eigenvalue weighted by molar-refractivity contribution is 6.17. The molecule has 1 aliphatic carbocycles. The van der Waals surface area contributed by atoms with Gasteiger partial charge >= 0.3 is 0 Å². The lowest BCUT2D eigenvalue weighted by molar-refractivity contribution is -0.115. The van der Waals surface area contributed by atoms with Crippen LogP contribution in [0.3, 0.4) is 0 Å². The number of nitrogens with zero attached hydrogens (tertiary/aromatic N) is 2. The Morgan fingerprint density at radius 1 is 1.36 bits per heavy atom. The van der Waals surface area contributed by atoms with Gasteiger partial charge in [0, 0.05) is 18.9 Å². The van der Waals surface area contributed by atoms with Crippen LogP contribution in [0, 0.1) is 0 Å². The third-order valence-corrected chi connectivity index (χ3v) is 4.78. The molecule has 0 unspecified atom stereocenters. The van der Waals surface area contributed by atoms with E-state index in [4.69, 9.17) is 4.74 Å². The zero-order valence-electron chi connectivity index (χ0n) is 14.1. The van der Waals surface area contributed by atoms with E-state index in [2.05, 4.69) is 27.2 Å². The molecule has 0 aromatic heterocycles. The Labute approximate surface area is 146 Å². The van der Waals surface area contributed by atoms with Crippen molar-refractivity contribution in [1.82, 2.24) is 10.6 Å². The molecule has 2 N–H and O–H groups in total. The average molecular weight is 336 g/mol. The first-order valence-corrected chi connectivity index (χ1v) is 8.42. The molecule has 2 fully saturated rings. The van der Waals surface area contributed by atoms with Crippen LogP contribution < -0.4 is 10.6 Å². The van der Waals surface area contributed by atoms with Gasteiger partial charge in [-0.1, -0.05) is 12.6 Å². The van der Waals surface area contributed by atoms with Crippen LogP contribution in [0.4, 0.5) is 5.69 Å². The fraction of sp³-hybridized carbons (Fsp3) is 0.316. The normalized spacial score (nSPS) is 27.9. The van der Waals surface area contributed by atoms with Crippen LogP contribution in [-0.2, 0) is 9.53 Å². The fourth-order valence-electron chi connectivity index (χ4n) is 3.45. The summed E-state index contributed by atoms with van der Waals surface area (Å²) in [5.74, 6) is 0.320. The molecular formula is C19H20N4O2. The van der Waals surface area contributed by atoms with Crippen LogP contribution in [-0.4, -0.2) is 37.3 Å². The standard InChI is InChI=1S/C19H20N4O2/c1-11-10-20-14-7-6-12(8-13(11)14)9-16-18(24)23-19(22-16)21-15-4-3-5-17(15)25-2/h6-10,15,17H,1,3-5H2,2H3,(H2,21,22,23,24)/b16-9-/t15-,17+/m1/s1. The van der Waals surface area contributed by atoms with Crippen molar-refractivity contribution in [2.45, 2.75) is 31.4 Å². The van der Waals surface area contributed by atoms with E-state index in [9.17, 15) is 4.79 Å². The lowest BCUT2D eigenvalue weighted by Crippen LogP contribution is -2.30. The molecular weight excluding hydrogens is 316 g/mol. The minimum absolute atomic E-state index is 0.0904. The van der Waals surface area contributed by atoms with E-state index in [-0.39, 0.29) is 18.1 Å². The van der Waals surface area contributed by atoms with Crippen molar-refractivity contribution < 1.29 is 9.53 Å². The monoisotopic (exact) mass is 336 g/mol. The zero-order valence-corrected chi connectivity index (χ0v) is 14.1. The first-order valence-electron chi connectivity index (χ1n) is 8.42. The van der Waals surface area contributed by atoms with E-state index in [1.54, 1.807) is 13.3 Å². The van der Waals surface area contributed by atoms with Crippen molar-refractivity contribution in [2.75, 3.05) is 7.11 Å². The van der Waals surface area contributed by atoms with Gasteiger partial charge in [-0.15, -0.1) is 0 Å². The van der Waals surface area contributed by atoms with E-state index >= 15 is 0 Å². The molecule has 1 aromatic rings. The molecule has 0 bridgehead atoms. The van der Waals surface area contributed by atoms with E-state index in [0.29, 0.717) is 11.7 Å². The van der Waals surface area contributed by atoms with Gasteiger partial charge in [-0.05, 0) is 48.6 Å². The number of methoxy groups -OCH3 is 1. The predicted octanol–water partition coefficient (Wildman–Crippen LogP) is 2.40. The van der Waals surface area contributed by atoms with Gasteiger partial charge in [-0.3, -0.25) is 15.1 Å². The maximum Gasteiger partial charge on any atom is 0.274 e. The summed E-state index contributed by atoms with van der Waals surface area (Å²) in [6, 6.07) is 5.94. The fourth-order valence-corrected chi connectivity index (χ4v) is 3.45. The molecule has 6 nitrogen and oxygen atoms in total. The van der Waals surface area contributed by atoms with Crippen molar-refractivity contribution >= 4 is 35.4 Å². The van der Waals surface area contributed by atoms with E-state index in [1.807, 2.05) is 24.3 Å². The summed E-state index contributed by atoms with van der Waals surface area (Å²) in [5, 5.41) is 5.87. The first-order chi connectivity index (χ1) is 12.1. The van der Waals surface area contributed by atoms with Gasteiger partial charge in [0.15, 0.2) is 0 Å². The highest BCUT2D eigenvalue weighted by atomic mass is 16.5. The molecule has 0 radical (unpaired) electrons. The molecule has 2 heterocycles. The molecule has 1 saturated heterocycles. The minimum Gasteiger partial charge on any atom is -0.379 e. The van der Waals surface area contributed by atoms with E-state index < -0.39 is 0 Å². The number of guanidine groups is 1. The van der Waals surface area contributed by atoms with Gasteiger partial charge in [0.25, 0.3) is 5.91 Å². The number of ether oxygens (including phenoxy) is 1. The maximum atomic E-state index is 12.2. The topological polar surface area (TPSA) is 75.1 Å². The lowest BCUT2D eigenvalue weighted by Gasteiger charge is -2.14. The summed E-state index contributed by atoms with van der Waals surface area (Å²) >= 11 is 0. The van der Waals surface area contributed by atoms with Crippen LogP contribution in [0.15, 0.2) is 40.5 Å². The van der Waals surface area contributed by atoms with Gasteiger partial charge in [-0.25, -0.2) is 4.99 Å². The largest absolute Gasteiger partial charge is 0.379 e. The Balaban J connectivity index is 1.54. The van der Waals surface area contributed by atoms with Gasteiger partial charge in [0.05, 0.1) is 17.8 Å². The lowest BCUT2D eigenvalue weighted by atomic mass is 10.0. The molecule has 2 atom stereocenters. The summed E-state index contributed by atoms with van der Waals surface area (Å²) in [5.41, 5.74) is 4.18. The number of fused-ring (bicyclic) bond motifs is 1. The Hall–Kier alpha value is -2.73. The molecule has 1 aromatic carbocycles. The van der Waals surface area contributed by atoms with Crippen LogP contribution in [0.2, 0.25) is 0 Å². The molecule has 0 spiro atoms. The van der Waals surface area contributed by atoms with Gasteiger partial charge in [0.2, 0.25) is 5.96 Å². The smallest absolute Gasteiger partial charge is 0.274 e. The SMILES string of the molecule is C=C1C=Nc2ccc(/C=C3\NC(=N[C@@H]4CCC[C@@H]4OC)NC3=O)cc21. The molecule has 6 heteroatoms. The summed E-state index contributed by atoms with van der Waals surface area (Å²) < 4.78 is 5.45. The van der Waals surface area contributed by atoms with Crippen LogP contribution in [0.25, 0.3) is 11.6 Å². The molecule has 1 amide bonds. The van der Waals surface area contributed by atoms with E-state index in [1.165, 1.54) is 0 Å². The molecule has 4 rings (SSSR count). The Morgan fingerprint density at radius 2 is 2.24 bits per heavy atom. The number of rotatable bonds is 3.